The van der Waals surface area contributed by atoms with Crippen LogP contribution in [-0.4, -0.2) is 33.1 Å². The fourth-order valence-electron chi connectivity index (χ4n) is 4.84. The number of hydrogen-bond acceptors (Lipinski definition) is 6. The molecular weight excluding hydrogens is 486 g/mol. The van der Waals surface area contributed by atoms with E-state index in [-0.39, 0.29) is 11.7 Å². The Kier molecular flexibility index (Phi) is 6.61. The molecule has 0 saturated carbocycles. The molecule has 0 spiro atoms. The van der Waals surface area contributed by atoms with Crippen LogP contribution in [0.5, 0.6) is 11.5 Å². The Balaban J connectivity index is 1.83. The summed E-state index contributed by atoms with van der Waals surface area (Å²) < 4.78 is 16.8. The largest absolute Gasteiger partial charge is 0.496 e. The molecule has 0 bridgehead atoms. The Morgan fingerprint density at radius 2 is 1.76 bits per heavy atom. The quantitative estimate of drug-likeness (QED) is 0.569. The molecule has 33 heavy (non-hydrogen) atoms. The number of nitrogens with one attached hydrogen (secondary N) is 1. The molecule has 0 saturated heterocycles. The zero-order valence-corrected chi connectivity index (χ0v) is 20.6. The number of esters is 1. The van der Waals surface area contributed by atoms with E-state index in [2.05, 4.69) is 21.2 Å². The van der Waals surface area contributed by atoms with E-state index < -0.39 is 11.9 Å². The van der Waals surface area contributed by atoms with Crippen LogP contribution in [-0.2, 0) is 14.3 Å². The number of allylic oxidation sites excluding steroid dienone is 3. The number of carbonyl (C=O) groups is 2. The van der Waals surface area contributed by atoms with E-state index in [0.29, 0.717) is 35.4 Å². The minimum atomic E-state index is -0.526. The van der Waals surface area contributed by atoms with Crippen molar-refractivity contribution in [3.8, 4) is 11.5 Å². The van der Waals surface area contributed by atoms with E-state index >= 15 is 0 Å². The number of hydrogen-bond donors (Lipinski definition) is 1. The normalized spacial score (nSPS) is 20.2. The van der Waals surface area contributed by atoms with Gasteiger partial charge in [0.05, 0.1) is 31.4 Å². The average Bonchev–Trinajstić information content (AvgIpc) is 2.82. The Bertz CT molecular complexity index is 1180. The molecule has 1 heterocycles. The predicted molar refractivity (Wildman–Crippen MR) is 128 cm³/mol. The van der Waals surface area contributed by atoms with Crippen LogP contribution in [0.25, 0.3) is 0 Å². The van der Waals surface area contributed by atoms with Gasteiger partial charge in [0.2, 0.25) is 0 Å². The summed E-state index contributed by atoms with van der Waals surface area (Å²) in [5.41, 5.74) is 4.41. The van der Waals surface area contributed by atoms with Gasteiger partial charge in [-0.3, -0.25) is 4.79 Å². The van der Waals surface area contributed by atoms with Crippen molar-refractivity contribution in [2.45, 2.75) is 31.6 Å². The van der Waals surface area contributed by atoms with Crippen LogP contribution in [0.2, 0.25) is 0 Å². The van der Waals surface area contributed by atoms with Gasteiger partial charge in [0, 0.05) is 35.2 Å². The zero-order valence-electron chi connectivity index (χ0n) is 19.0. The first kappa shape index (κ1) is 23.1. The summed E-state index contributed by atoms with van der Waals surface area (Å²) in [7, 11) is 4.59. The van der Waals surface area contributed by atoms with Crippen LogP contribution in [0.1, 0.15) is 42.7 Å². The van der Waals surface area contributed by atoms with E-state index in [4.69, 9.17) is 14.2 Å². The number of para-hydroxylation sites is 1. The van der Waals surface area contributed by atoms with Gasteiger partial charge in [-0.15, -0.1) is 0 Å². The maximum Gasteiger partial charge on any atom is 0.336 e. The Labute approximate surface area is 201 Å². The lowest BCUT2D eigenvalue weighted by molar-refractivity contribution is -0.136. The van der Waals surface area contributed by atoms with Gasteiger partial charge in [0.1, 0.15) is 11.5 Å². The predicted octanol–water partition coefficient (Wildman–Crippen LogP) is 5.00. The molecule has 0 unspecified atom stereocenters. The van der Waals surface area contributed by atoms with Crippen LogP contribution >= 0.6 is 15.9 Å². The van der Waals surface area contributed by atoms with Crippen molar-refractivity contribution in [3.05, 3.63) is 80.6 Å². The molecule has 1 N–H and O–H groups in total. The van der Waals surface area contributed by atoms with Gasteiger partial charge in [-0.05, 0) is 58.6 Å². The Hall–Kier alpha value is -3.06. The zero-order chi connectivity index (χ0) is 23.7. The molecule has 7 heteroatoms. The first-order valence-corrected chi connectivity index (χ1v) is 11.5. The summed E-state index contributed by atoms with van der Waals surface area (Å²) in [5.74, 6) is 0.452. The third kappa shape index (κ3) is 4.17. The van der Waals surface area contributed by atoms with Crippen molar-refractivity contribution in [1.29, 1.82) is 0 Å². The molecule has 0 fully saturated rings. The minimum absolute atomic E-state index is 0.00509. The molecule has 1 aliphatic carbocycles. The lowest BCUT2D eigenvalue weighted by atomic mass is 9.71. The van der Waals surface area contributed by atoms with Crippen LogP contribution in [0.4, 0.5) is 0 Å². The summed E-state index contributed by atoms with van der Waals surface area (Å²) in [4.78, 5) is 26.4. The standard InChI is InChI=1S/C26H26BrNO5/c1-14-23(26(30)33-4)24(15-9-10-22(32-3)18(27)11-15)25-19(28-14)12-16(13-20(25)29)17-7-5-6-8-21(17)31-2/h5-11,16,24,28H,12-13H2,1-4H3/t16-,24+/m0/s1. The van der Waals surface area contributed by atoms with Crippen LogP contribution in [0.3, 0.4) is 0 Å². The number of rotatable bonds is 5. The van der Waals surface area contributed by atoms with Crippen molar-refractivity contribution in [2.24, 2.45) is 0 Å². The van der Waals surface area contributed by atoms with Crippen molar-refractivity contribution in [2.75, 3.05) is 21.3 Å². The molecule has 172 valence electrons. The number of dihydropyridines is 1. The summed E-state index contributed by atoms with van der Waals surface area (Å²) in [6.45, 7) is 1.85. The van der Waals surface area contributed by atoms with Gasteiger partial charge in [-0.1, -0.05) is 24.3 Å². The second kappa shape index (κ2) is 9.43. The van der Waals surface area contributed by atoms with Crippen molar-refractivity contribution >= 4 is 27.7 Å². The lowest BCUT2D eigenvalue weighted by Crippen LogP contribution is -2.36. The highest BCUT2D eigenvalue weighted by Gasteiger charge is 2.41. The van der Waals surface area contributed by atoms with Crippen molar-refractivity contribution in [3.63, 3.8) is 0 Å². The smallest absolute Gasteiger partial charge is 0.336 e. The van der Waals surface area contributed by atoms with Gasteiger partial charge in [0.15, 0.2) is 5.78 Å². The van der Waals surface area contributed by atoms with E-state index in [1.54, 1.807) is 14.2 Å². The summed E-state index contributed by atoms with van der Waals surface area (Å²) >= 11 is 3.53. The van der Waals surface area contributed by atoms with Gasteiger partial charge in [0.25, 0.3) is 0 Å². The van der Waals surface area contributed by atoms with E-state index in [9.17, 15) is 9.59 Å². The molecule has 2 aromatic rings. The number of halogens is 1. The molecule has 2 aromatic carbocycles. The third-order valence-corrected chi connectivity index (χ3v) is 6.94. The number of benzene rings is 2. The fourth-order valence-corrected chi connectivity index (χ4v) is 5.40. The number of ketones is 1. The first-order valence-electron chi connectivity index (χ1n) is 10.7. The number of carbonyl (C=O) groups excluding carboxylic acids is 2. The van der Waals surface area contributed by atoms with Gasteiger partial charge < -0.3 is 19.5 Å². The Morgan fingerprint density at radius 3 is 2.42 bits per heavy atom. The van der Waals surface area contributed by atoms with E-state index in [1.165, 1.54) is 7.11 Å². The van der Waals surface area contributed by atoms with Crippen LogP contribution < -0.4 is 14.8 Å². The second-order valence-electron chi connectivity index (χ2n) is 8.14. The third-order valence-electron chi connectivity index (χ3n) is 6.32. The molecule has 4 rings (SSSR count). The van der Waals surface area contributed by atoms with E-state index in [0.717, 1.165) is 27.0 Å². The monoisotopic (exact) mass is 511 g/mol. The van der Waals surface area contributed by atoms with Gasteiger partial charge in [-0.25, -0.2) is 4.79 Å². The topological polar surface area (TPSA) is 73.9 Å². The molecule has 0 radical (unpaired) electrons. The average molecular weight is 512 g/mol. The number of Topliss-reactive ketones (excluding diaryl/α,β-unsaturated/α-hetero) is 1. The van der Waals surface area contributed by atoms with Crippen LogP contribution in [0, 0.1) is 0 Å². The van der Waals surface area contributed by atoms with Gasteiger partial charge in [-0.2, -0.15) is 0 Å². The molecule has 1 aliphatic heterocycles. The fraction of sp³-hybridized carbons (Fsp3) is 0.308. The summed E-state index contributed by atoms with van der Waals surface area (Å²) in [5, 5.41) is 3.35. The highest BCUT2D eigenvalue weighted by Crippen LogP contribution is 2.47. The highest BCUT2D eigenvalue weighted by molar-refractivity contribution is 9.10. The second-order valence-corrected chi connectivity index (χ2v) is 9.00. The minimum Gasteiger partial charge on any atom is -0.496 e. The first-order chi connectivity index (χ1) is 15.9. The van der Waals surface area contributed by atoms with Crippen molar-refractivity contribution < 1.29 is 23.8 Å². The molecule has 6 nitrogen and oxygen atoms in total. The van der Waals surface area contributed by atoms with Crippen LogP contribution in [0.15, 0.2) is 69.5 Å². The molecule has 2 atom stereocenters. The summed E-state index contributed by atoms with van der Waals surface area (Å²) in [6, 6.07) is 13.4. The summed E-state index contributed by atoms with van der Waals surface area (Å²) in [6.07, 6.45) is 0.975. The SMILES string of the molecule is COC(=O)C1=C(C)NC2=C(C(=O)C[C@@H](c3ccccc3OC)C2)[C@@H]1c1ccc(OC)c(Br)c1. The van der Waals surface area contributed by atoms with Crippen molar-refractivity contribution in [1.82, 2.24) is 5.32 Å². The van der Waals surface area contributed by atoms with Gasteiger partial charge >= 0.3 is 5.97 Å². The Morgan fingerprint density at radius 1 is 1.03 bits per heavy atom. The van der Waals surface area contributed by atoms with E-state index in [1.807, 2.05) is 49.4 Å². The molecule has 0 aromatic heterocycles. The maximum atomic E-state index is 13.6. The number of methoxy groups -OCH3 is 3. The lowest BCUT2D eigenvalue weighted by Gasteiger charge is -2.37. The molecule has 0 amide bonds. The molecular formula is C26H26BrNO5. The molecule has 2 aliphatic rings. The highest BCUT2D eigenvalue weighted by atomic mass is 79.9. The maximum absolute atomic E-state index is 13.6. The number of ether oxygens (including phenoxy) is 3.